The smallest absolute Gasteiger partial charge is 0.135 e. The first-order chi connectivity index (χ1) is 9.28. The number of fused-ring (bicyclic) bond motifs is 3. The van der Waals surface area contributed by atoms with Gasteiger partial charge >= 0.3 is 0 Å². The third-order valence-electron chi connectivity index (χ3n) is 2.89. The Kier molecular flexibility index (Phi) is 2.66. The molecule has 1 heterocycles. The van der Waals surface area contributed by atoms with Crippen molar-refractivity contribution in [3.8, 4) is 6.07 Å². The Bertz CT molecular complexity index is 824. The molecule has 2 aromatic carbocycles. The maximum atomic E-state index is 8.66. The van der Waals surface area contributed by atoms with Gasteiger partial charge in [-0.15, -0.1) is 0 Å². The van der Waals surface area contributed by atoms with E-state index >= 15 is 0 Å². The van der Waals surface area contributed by atoms with E-state index in [-0.39, 0.29) is 0 Å². The van der Waals surface area contributed by atoms with Crippen molar-refractivity contribution in [1.29, 1.82) is 5.26 Å². The van der Waals surface area contributed by atoms with Gasteiger partial charge < -0.3 is 4.42 Å². The van der Waals surface area contributed by atoms with Crippen LogP contribution in [0.1, 0.15) is 6.92 Å². The van der Waals surface area contributed by atoms with Crippen LogP contribution in [0.3, 0.4) is 0 Å². The lowest BCUT2D eigenvalue weighted by Crippen LogP contribution is -1.93. The molecule has 0 saturated carbocycles. The average molecular weight is 249 g/mol. The summed E-state index contributed by atoms with van der Waals surface area (Å²) in [6.07, 6.45) is 0. The number of hydrazone groups is 1. The molecule has 0 bridgehead atoms. The van der Waals surface area contributed by atoms with Gasteiger partial charge in [0.25, 0.3) is 0 Å². The van der Waals surface area contributed by atoms with Crippen LogP contribution in [0.25, 0.3) is 21.9 Å². The van der Waals surface area contributed by atoms with Crippen LogP contribution in [0.15, 0.2) is 52.0 Å². The van der Waals surface area contributed by atoms with Crippen LogP contribution in [-0.4, -0.2) is 5.71 Å². The lowest BCUT2D eigenvalue weighted by molar-refractivity contribution is 0.669. The van der Waals surface area contributed by atoms with Gasteiger partial charge in [-0.25, -0.2) is 0 Å². The van der Waals surface area contributed by atoms with Crippen LogP contribution in [0.5, 0.6) is 0 Å². The van der Waals surface area contributed by atoms with Crippen molar-refractivity contribution in [3.05, 3.63) is 42.5 Å². The molecular formula is C15H11N3O. The molecule has 0 amide bonds. The minimum Gasteiger partial charge on any atom is -0.456 e. The topological polar surface area (TPSA) is 61.3 Å². The third kappa shape index (κ3) is 2.02. The number of nitrogens with zero attached hydrogens (tertiary/aromatic N) is 2. The van der Waals surface area contributed by atoms with Gasteiger partial charge in [0.2, 0.25) is 0 Å². The molecule has 0 unspecified atom stereocenters. The summed E-state index contributed by atoms with van der Waals surface area (Å²) in [5.41, 5.74) is 5.79. The summed E-state index contributed by atoms with van der Waals surface area (Å²) in [5, 5.41) is 14.7. The van der Waals surface area contributed by atoms with E-state index in [0.29, 0.717) is 5.71 Å². The number of hydrogen-bond donors (Lipinski definition) is 1. The van der Waals surface area contributed by atoms with Gasteiger partial charge in [0.05, 0.1) is 5.69 Å². The molecule has 0 saturated heterocycles. The summed E-state index contributed by atoms with van der Waals surface area (Å²) < 4.78 is 5.74. The number of furan rings is 1. The second-order valence-corrected chi connectivity index (χ2v) is 4.23. The van der Waals surface area contributed by atoms with Crippen LogP contribution >= 0.6 is 0 Å². The average Bonchev–Trinajstić information content (AvgIpc) is 2.82. The lowest BCUT2D eigenvalue weighted by Gasteiger charge is -1.99. The second-order valence-electron chi connectivity index (χ2n) is 4.23. The Balaban J connectivity index is 2.10. The fraction of sp³-hybridized carbons (Fsp3) is 0.0667. The van der Waals surface area contributed by atoms with Gasteiger partial charge in [0, 0.05) is 10.8 Å². The zero-order chi connectivity index (χ0) is 13.2. The molecule has 19 heavy (non-hydrogen) atoms. The van der Waals surface area contributed by atoms with Crippen molar-refractivity contribution < 1.29 is 4.42 Å². The summed E-state index contributed by atoms with van der Waals surface area (Å²) in [4.78, 5) is 0. The van der Waals surface area contributed by atoms with Crippen molar-refractivity contribution in [3.63, 3.8) is 0 Å². The summed E-state index contributed by atoms with van der Waals surface area (Å²) in [7, 11) is 0. The molecule has 0 aliphatic rings. The maximum absolute atomic E-state index is 8.66. The molecule has 0 aliphatic heterocycles. The van der Waals surface area contributed by atoms with Crippen LogP contribution in [0.4, 0.5) is 5.69 Å². The fourth-order valence-electron chi connectivity index (χ4n) is 1.97. The van der Waals surface area contributed by atoms with E-state index in [9.17, 15) is 0 Å². The number of hydrogen-bond acceptors (Lipinski definition) is 4. The Morgan fingerprint density at radius 3 is 2.79 bits per heavy atom. The molecule has 4 nitrogen and oxygen atoms in total. The maximum Gasteiger partial charge on any atom is 0.135 e. The van der Waals surface area contributed by atoms with E-state index in [2.05, 4.69) is 10.5 Å². The summed E-state index contributed by atoms with van der Waals surface area (Å²) >= 11 is 0. The van der Waals surface area contributed by atoms with Crippen LogP contribution in [-0.2, 0) is 0 Å². The number of anilines is 1. The molecular weight excluding hydrogens is 238 g/mol. The molecule has 0 fully saturated rings. The van der Waals surface area contributed by atoms with Crippen molar-refractivity contribution >= 4 is 33.3 Å². The van der Waals surface area contributed by atoms with Gasteiger partial charge in [-0.05, 0) is 31.2 Å². The fourth-order valence-corrected chi connectivity index (χ4v) is 1.97. The molecule has 4 heteroatoms. The first-order valence-corrected chi connectivity index (χ1v) is 5.89. The normalized spacial score (nSPS) is 11.7. The minimum atomic E-state index is 0.386. The SMILES string of the molecule is C/C(C#N)=N/Nc1ccc2oc3ccccc3c2c1. The van der Waals surface area contributed by atoms with Gasteiger partial charge in [-0.2, -0.15) is 10.4 Å². The summed E-state index contributed by atoms with van der Waals surface area (Å²) in [6, 6.07) is 15.6. The van der Waals surface area contributed by atoms with Crippen LogP contribution in [0, 0.1) is 11.3 Å². The quantitative estimate of drug-likeness (QED) is 0.553. The number of nitriles is 1. The highest BCUT2D eigenvalue weighted by atomic mass is 16.3. The predicted octanol–water partition coefficient (Wildman–Crippen LogP) is 3.90. The molecule has 0 radical (unpaired) electrons. The van der Waals surface area contributed by atoms with Crippen LogP contribution in [0.2, 0.25) is 0 Å². The molecule has 1 aromatic heterocycles. The van der Waals surface area contributed by atoms with Gasteiger partial charge in [0.15, 0.2) is 0 Å². The summed E-state index contributed by atoms with van der Waals surface area (Å²) in [6.45, 7) is 1.65. The standard InChI is InChI=1S/C15H11N3O/c1-10(9-16)17-18-11-6-7-15-13(8-11)12-4-2-3-5-14(12)19-15/h2-8,18H,1H3/b17-10-. The van der Waals surface area contributed by atoms with Crippen molar-refractivity contribution in [2.75, 3.05) is 5.43 Å². The van der Waals surface area contributed by atoms with Gasteiger partial charge in [0.1, 0.15) is 22.9 Å². The Hall–Kier alpha value is -2.80. The van der Waals surface area contributed by atoms with Gasteiger partial charge in [-0.1, -0.05) is 18.2 Å². The van der Waals surface area contributed by atoms with Crippen molar-refractivity contribution in [2.24, 2.45) is 5.10 Å². The van der Waals surface area contributed by atoms with Crippen molar-refractivity contribution in [1.82, 2.24) is 0 Å². The van der Waals surface area contributed by atoms with E-state index in [1.54, 1.807) is 6.92 Å². The molecule has 1 N–H and O–H groups in total. The number of nitrogens with one attached hydrogen (secondary N) is 1. The number of para-hydroxylation sites is 1. The number of rotatable bonds is 2. The highest BCUT2D eigenvalue weighted by Crippen LogP contribution is 2.30. The molecule has 0 spiro atoms. The highest BCUT2D eigenvalue weighted by molar-refractivity contribution is 6.06. The molecule has 3 rings (SSSR count). The first kappa shape index (κ1) is 11.3. The van der Waals surface area contributed by atoms with E-state index < -0.39 is 0 Å². The van der Waals surface area contributed by atoms with Crippen LogP contribution < -0.4 is 5.43 Å². The largest absolute Gasteiger partial charge is 0.456 e. The Labute approximate surface area is 109 Å². The number of benzene rings is 2. The zero-order valence-electron chi connectivity index (χ0n) is 10.3. The summed E-state index contributed by atoms with van der Waals surface area (Å²) in [5.74, 6) is 0. The lowest BCUT2D eigenvalue weighted by atomic mass is 10.1. The van der Waals surface area contributed by atoms with E-state index in [1.807, 2.05) is 48.5 Å². The van der Waals surface area contributed by atoms with E-state index in [1.165, 1.54) is 0 Å². The Morgan fingerprint density at radius 2 is 1.95 bits per heavy atom. The zero-order valence-corrected chi connectivity index (χ0v) is 10.3. The predicted molar refractivity (Wildman–Crippen MR) is 76.1 cm³/mol. The third-order valence-corrected chi connectivity index (χ3v) is 2.89. The molecule has 3 aromatic rings. The molecule has 0 atom stereocenters. The van der Waals surface area contributed by atoms with Crippen molar-refractivity contribution in [2.45, 2.75) is 6.92 Å². The highest BCUT2D eigenvalue weighted by Gasteiger charge is 2.06. The molecule has 0 aliphatic carbocycles. The first-order valence-electron chi connectivity index (χ1n) is 5.89. The monoisotopic (exact) mass is 249 g/mol. The molecule has 92 valence electrons. The second kappa shape index (κ2) is 4.46. The Morgan fingerprint density at radius 1 is 1.16 bits per heavy atom. The minimum absolute atomic E-state index is 0.386. The van der Waals surface area contributed by atoms with Gasteiger partial charge in [-0.3, -0.25) is 5.43 Å². The van der Waals surface area contributed by atoms with E-state index in [4.69, 9.17) is 9.68 Å². The van der Waals surface area contributed by atoms with E-state index in [0.717, 1.165) is 27.6 Å².